The Labute approximate surface area is 271 Å². The monoisotopic (exact) mass is 640 g/mol. The Balaban J connectivity index is 1.32. The standard InChI is InChI=1S/C36H34ClFN4O4/c1-41(2)36(45)39-26-13-15-29(22-8-11-25(37)12-9-22)24(18-26)21-46-28-14-16-30(31(38)20-28)34-40-32-19-23(35(43)44)10-17-33(32)42(34)27-6-4-3-5-7-27/h8-20,27H,3-7,21H2,1-2H3,(H,39,45)(H,43,44). The number of nitrogens with zero attached hydrogens (tertiary/aromatic N) is 3. The summed E-state index contributed by atoms with van der Waals surface area (Å²) in [6.45, 7) is 0.112. The van der Waals surface area contributed by atoms with Gasteiger partial charge in [0.1, 0.15) is 24.0 Å². The number of carbonyl (C=O) groups excluding carboxylic acids is 1. The number of amides is 2. The molecular weight excluding hydrogens is 607 g/mol. The van der Waals surface area contributed by atoms with Crippen molar-refractivity contribution in [3.05, 3.63) is 101 Å². The molecule has 1 fully saturated rings. The van der Waals surface area contributed by atoms with E-state index >= 15 is 4.39 Å². The molecule has 8 nitrogen and oxygen atoms in total. The van der Waals surface area contributed by atoms with Crippen molar-refractivity contribution >= 4 is 40.3 Å². The average Bonchev–Trinajstić information content (AvgIpc) is 3.43. The Morgan fingerprint density at radius 2 is 1.72 bits per heavy atom. The van der Waals surface area contributed by atoms with Gasteiger partial charge in [-0.2, -0.15) is 0 Å². The van der Waals surface area contributed by atoms with E-state index in [2.05, 4.69) is 9.88 Å². The maximum atomic E-state index is 15.9. The summed E-state index contributed by atoms with van der Waals surface area (Å²) in [5, 5.41) is 13.0. The van der Waals surface area contributed by atoms with Crippen molar-refractivity contribution < 1.29 is 23.8 Å². The van der Waals surface area contributed by atoms with Crippen LogP contribution in [0, 0.1) is 5.82 Å². The molecule has 0 bridgehead atoms. The minimum Gasteiger partial charge on any atom is -0.489 e. The lowest BCUT2D eigenvalue weighted by Crippen LogP contribution is -2.27. The third kappa shape index (κ3) is 6.55. The van der Waals surface area contributed by atoms with Crippen LogP contribution in [0.5, 0.6) is 5.75 Å². The Hall–Kier alpha value is -4.89. The van der Waals surface area contributed by atoms with E-state index in [1.165, 1.54) is 11.0 Å². The van der Waals surface area contributed by atoms with Crippen LogP contribution in [-0.4, -0.2) is 45.7 Å². The van der Waals surface area contributed by atoms with E-state index in [1.807, 2.05) is 30.3 Å². The van der Waals surface area contributed by atoms with Gasteiger partial charge in [0.2, 0.25) is 0 Å². The molecule has 1 aromatic heterocycles. The summed E-state index contributed by atoms with van der Waals surface area (Å²) in [7, 11) is 3.33. The van der Waals surface area contributed by atoms with Crippen LogP contribution < -0.4 is 10.1 Å². The van der Waals surface area contributed by atoms with Gasteiger partial charge >= 0.3 is 12.0 Å². The van der Waals surface area contributed by atoms with Gasteiger partial charge in [-0.15, -0.1) is 0 Å². The molecule has 4 aromatic carbocycles. The molecule has 1 heterocycles. The second-order valence-corrected chi connectivity index (χ2v) is 12.2. The third-order valence-corrected chi connectivity index (χ3v) is 8.62. The summed E-state index contributed by atoms with van der Waals surface area (Å²) < 4.78 is 24.1. The molecule has 1 aliphatic rings. The van der Waals surface area contributed by atoms with Crippen LogP contribution in [0.25, 0.3) is 33.5 Å². The second-order valence-electron chi connectivity index (χ2n) is 11.7. The normalized spacial score (nSPS) is 13.5. The average molecular weight is 641 g/mol. The number of ether oxygens (including phenoxy) is 1. The molecule has 6 rings (SSSR count). The van der Waals surface area contributed by atoms with Crippen molar-refractivity contribution in [3.8, 4) is 28.3 Å². The molecule has 1 aliphatic carbocycles. The maximum Gasteiger partial charge on any atom is 0.335 e. The lowest BCUT2D eigenvalue weighted by Gasteiger charge is -2.25. The first-order valence-corrected chi connectivity index (χ1v) is 15.6. The second kappa shape index (κ2) is 13.2. The molecule has 0 aliphatic heterocycles. The van der Waals surface area contributed by atoms with Crippen LogP contribution in [0.4, 0.5) is 14.9 Å². The minimum atomic E-state index is -1.03. The van der Waals surface area contributed by atoms with Crippen LogP contribution in [0.15, 0.2) is 78.9 Å². The molecule has 1 saturated carbocycles. The van der Waals surface area contributed by atoms with Crippen LogP contribution in [-0.2, 0) is 6.61 Å². The summed E-state index contributed by atoms with van der Waals surface area (Å²) in [4.78, 5) is 30.1. The van der Waals surface area contributed by atoms with Gasteiger partial charge in [0.15, 0.2) is 0 Å². The summed E-state index contributed by atoms with van der Waals surface area (Å²) in [6, 6.07) is 22.5. The largest absolute Gasteiger partial charge is 0.489 e. The quantitative estimate of drug-likeness (QED) is 0.176. The highest BCUT2D eigenvalue weighted by atomic mass is 35.5. The Bertz CT molecular complexity index is 1920. The maximum absolute atomic E-state index is 15.9. The molecule has 0 saturated heterocycles. The number of carbonyl (C=O) groups is 2. The van der Waals surface area contributed by atoms with Crippen LogP contribution in [0.2, 0.25) is 5.02 Å². The molecule has 0 radical (unpaired) electrons. The summed E-state index contributed by atoms with van der Waals surface area (Å²) in [6.07, 6.45) is 5.21. The van der Waals surface area contributed by atoms with E-state index in [9.17, 15) is 14.7 Å². The van der Waals surface area contributed by atoms with E-state index in [4.69, 9.17) is 21.3 Å². The molecule has 2 N–H and O–H groups in total. The van der Waals surface area contributed by atoms with E-state index in [1.54, 1.807) is 56.6 Å². The predicted molar refractivity (Wildman–Crippen MR) is 178 cm³/mol. The third-order valence-electron chi connectivity index (χ3n) is 8.37. The van der Waals surface area contributed by atoms with Crippen molar-refractivity contribution in [2.24, 2.45) is 0 Å². The minimum absolute atomic E-state index is 0.112. The van der Waals surface area contributed by atoms with E-state index in [0.717, 1.165) is 54.3 Å². The molecule has 46 heavy (non-hydrogen) atoms. The molecule has 10 heteroatoms. The number of carboxylic acid groups (broad SMARTS) is 1. The van der Waals surface area contributed by atoms with Crippen LogP contribution >= 0.6 is 11.6 Å². The number of nitrogens with one attached hydrogen (secondary N) is 1. The fourth-order valence-corrected chi connectivity index (χ4v) is 6.12. The number of imidazole rings is 1. The topological polar surface area (TPSA) is 96.7 Å². The number of urea groups is 1. The van der Waals surface area contributed by atoms with Gasteiger partial charge in [-0.25, -0.2) is 19.0 Å². The number of halogens is 2. The molecular formula is C36H34ClFN4O4. The zero-order valence-corrected chi connectivity index (χ0v) is 26.4. The number of fused-ring (bicyclic) bond motifs is 1. The lowest BCUT2D eigenvalue weighted by atomic mass is 9.94. The molecule has 236 valence electrons. The molecule has 5 aromatic rings. The fourth-order valence-electron chi connectivity index (χ4n) is 6.00. The number of rotatable bonds is 8. The van der Waals surface area contributed by atoms with Crippen molar-refractivity contribution in [3.63, 3.8) is 0 Å². The van der Waals surface area contributed by atoms with Gasteiger partial charge < -0.3 is 24.6 Å². The predicted octanol–water partition coefficient (Wildman–Crippen LogP) is 9.04. The highest BCUT2D eigenvalue weighted by Crippen LogP contribution is 2.38. The van der Waals surface area contributed by atoms with Crippen molar-refractivity contribution in [1.82, 2.24) is 14.5 Å². The zero-order chi connectivity index (χ0) is 32.4. The number of benzene rings is 4. The van der Waals surface area contributed by atoms with Crippen molar-refractivity contribution in [1.29, 1.82) is 0 Å². The number of hydrogen-bond donors (Lipinski definition) is 2. The molecule has 0 atom stereocenters. The summed E-state index contributed by atoms with van der Waals surface area (Å²) in [5.41, 5.74) is 4.97. The molecule has 0 spiro atoms. The highest BCUT2D eigenvalue weighted by Gasteiger charge is 2.25. The lowest BCUT2D eigenvalue weighted by molar-refractivity contribution is 0.0697. The smallest absolute Gasteiger partial charge is 0.335 e. The van der Waals surface area contributed by atoms with Gasteiger partial charge in [0, 0.05) is 36.9 Å². The molecule has 2 amide bonds. The Morgan fingerprint density at radius 3 is 2.41 bits per heavy atom. The number of aromatic carboxylic acids is 1. The number of carboxylic acids is 1. The number of hydrogen-bond acceptors (Lipinski definition) is 4. The Morgan fingerprint density at radius 1 is 0.978 bits per heavy atom. The van der Waals surface area contributed by atoms with Crippen LogP contribution in [0.3, 0.4) is 0 Å². The highest BCUT2D eigenvalue weighted by molar-refractivity contribution is 6.30. The summed E-state index contributed by atoms with van der Waals surface area (Å²) >= 11 is 6.12. The first kappa shape index (κ1) is 31.1. The van der Waals surface area contributed by atoms with Gasteiger partial charge in [0.05, 0.1) is 22.2 Å². The van der Waals surface area contributed by atoms with Crippen molar-refractivity contribution in [2.45, 2.75) is 44.8 Å². The summed E-state index contributed by atoms with van der Waals surface area (Å²) in [5.74, 6) is -0.719. The van der Waals surface area contributed by atoms with Gasteiger partial charge in [0.25, 0.3) is 0 Å². The zero-order valence-electron chi connectivity index (χ0n) is 25.6. The Kier molecular flexibility index (Phi) is 8.94. The van der Waals surface area contributed by atoms with Gasteiger partial charge in [-0.1, -0.05) is 49.1 Å². The SMILES string of the molecule is CN(C)C(=O)Nc1ccc(-c2ccc(Cl)cc2)c(COc2ccc(-c3nc4cc(C(=O)O)ccc4n3C3CCCCC3)c(F)c2)c1. The first-order chi connectivity index (χ1) is 22.2. The number of aromatic nitrogens is 2. The first-order valence-electron chi connectivity index (χ1n) is 15.2. The fraction of sp³-hybridized carbons (Fsp3) is 0.250. The number of anilines is 1. The van der Waals surface area contributed by atoms with Gasteiger partial charge in [-0.05, 0) is 84.1 Å². The van der Waals surface area contributed by atoms with E-state index in [-0.39, 0.29) is 24.2 Å². The van der Waals surface area contributed by atoms with E-state index < -0.39 is 11.8 Å². The van der Waals surface area contributed by atoms with Crippen LogP contribution in [0.1, 0.15) is 54.1 Å². The van der Waals surface area contributed by atoms with Gasteiger partial charge in [-0.3, -0.25) is 0 Å². The molecule has 0 unspecified atom stereocenters. The van der Waals surface area contributed by atoms with Crippen molar-refractivity contribution in [2.75, 3.05) is 19.4 Å². The van der Waals surface area contributed by atoms with E-state index in [0.29, 0.717) is 33.4 Å².